The van der Waals surface area contributed by atoms with Gasteiger partial charge in [0.1, 0.15) is 5.92 Å². The number of nitrogens with one attached hydrogen (secondary N) is 2. The highest BCUT2D eigenvalue weighted by atomic mass is 19.4. The van der Waals surface area contributed by atoms with E-state index in [0.717, 1.165) is 0 Å². The Morgan fingerprint density at radius 2 is 1.90 bits per heavy atom. The summed E-state index contributed by atoms with van der Waals surface area (Å²) in [6.07, 6.45) is -2.13. The van der Waals surface area contributed by atoms with Gasteiger partial charge in [-0.3, -0.25) is 14.8 Å². The lowest BCUT2D eigenvalue weighted by atomic mass is 9.98. The third kappa shape index (κ3) is 4.93. The first-order valence-corrected chi connectivity index (χ1v) is 5.97. The predicted octanol–water partition coefficient (Wildman–Crippen LogP) is 1.28. The SMILES string of the molecule is N=CC(C(=N)CCc1nccnc1CC(N)=O)C(F)(F)F. The van der Waals surface area contributed by atoms with Crippen LogP contribution in [0.3, 0.4) is 0 Å². The van der Waals surface area contributed by atoms with Crippen LogP contribution in [0.1, 0.15) is 17.8 Å². The van der Waals surface area contributed by atoms with Gasteiger partial charge in [0.15, 0.2) is 0 Å². The van der Waals surface area contributed by atoms with E-state index < -0.39 is 23.7 Å². The topological polar surface area (TPSA) is 117 Å². The van der Waals surface area contributed by atoms with E-state index in [9.17, 15) is 18.0 Å². The number of halogens is 3. The maximum atomic E-state index is 12.6. The summed E-state index contributed by atoms with van der Waals surface area (Å²) in [6.45, 7) is 0. The van der Waals surface area contributed by atoms with Gasteiger partial charge in [0.25, 0.3) is 0 Å². The molecule has 1 heterocycles. The number of hydrogen-bond acceptors (Lipinski definition) is 5. The molecule has 1 atom stereocenters. The molecule has 0 saturated carbocycles. The van der Waals surface area contributed by atoms with Gasteiger partial charge in [-0.05, 0) is 12.8 Å². The van der Waals surface area contributed by atoms with Crippen molar-refractivity contribution in [1.29, 1.82) is 10.8 Å². The summed E-state index contributed by atoms with van der Waals surface area (Å²) in [5, 5.41) is 14.2. The Hall–Kier alpha value is -2.32. The lowest BCUT2D eigenvalue weighted by Gasteiger charge is -2.16. The summed E-state index contributed by atoms with van der Waals surface area (Å²) in [4.78, 5) is 18.7. The predicted molar refractivity (Wildman–Crippen MR) is 69.3 cm³/mol. The molecule has 1 rings (SSSR count). The maximum Gasteiger partial charge on any atom is 0.401 e. The van der Waals surface area contributed by atoms with Gasteiger partial charge in [0.2, 0.25) is 5.91 Å². The number of carbonyl (C=O) groups is 1. The number of rotatable bonds is 7. The third-order valence-electron chi connectivity index (χ3n) is 2.73. The number of aromatic nitrogens is 2. The molecule has 0 aliphatic carbocycles. The molecule has 1 amide bonds. The van der Waals surface area contributed by atoms with Gasteiger partial charge in [-0.25, -0.2) is 0 Å². The van der Waals surface area contributed by atoms with Crippen LogP contribution in [0.25, 0.3) is 0 Å². The van der Waals surface area contributed by atoms with Crippen LogP contribution in [0.4, 0.5) is 13.2 Å². The Morgan fingerprint density at radius 3 is 2.38 bits per heavy atom. The van der Waals surface area contributed by atoms with Gasteiger partial charge in [0.05, 0.1) is 17.8 Å². The van der Waals surface area contributed by atoms with Crippen LogP contribution in [0, 0.1) is 16.7 Å². The number of alkyl halides is 3. The standard InChI is InChI=1S/C12H14F3N5O/c13-12(14,15)7(6-16)8(17)1-2-9-10(5-11(18)21)20-4-3-19-9/h3-4,6-7,16-17H,1-2,5H2,(H2,18,21). The minimum absolute atomic E-state index is 0.0235. The Kier molecular flexibility index (Phi) is 5.51. The van der Waals surface area contributed by atoms with Gasteiger partial charge in [-0.1, -0.05) is 0 Å². The molecule has 0 radical (unpaired) electrons. The van der Waals surface area contributed by atoms with Crippen LogP contribution in [0.5, 0.6) is 0 Å². The molecule has 9 heteroatoms. The fourth-order valence-corrected chi connectivity index (χ4v) is 1.72. The fraction of sp³-hybridized carbons (Fsp3) is 0.417. The first-order valence-electron chi connectivity index (χ1n) is 5.97. The molecule has 0 aliphatic rings. The van der Waals surface area contributed by atoms with E-state index in [1.54, 1.807) is 0 Å². The molecule has 1 aromatic rings. The number of nitrogens with two attached hydrogens (primary N) is 1. The summed E-state index contributed by atoms with van der Waals surface area (Å²) >= 11 is 0. The molecule has 21 heavy (non-hydrogen) atoms. The minimum Gasteiger partial charge on any atom is -0.369 e. The minimum atomic E-state index is -4.66. The van der Waals surface area contributed by atoms with Crippen LogP contribution in [-0.4, -0.2) is 34.0 Å². The van der Waals surface area contributed by atoms with E-state index in [4.69, 9.17) is 16.6 Å². The second-order valence-corrected chi connectivity index (χ2v) is 4.30. The molecule has 0 aliphatic heterocycles. The first-order chi connectivity index (χ1) is 9.75. The molecule has 1 aromatic heterocycles. The van der Waals surface area contributed by atoms with Crippen molar-refractivity contribution < 1.29 is 18.0 Å². The van der Waals surface area contributed by atoms with E-state index in [-0.39, 0.29) is 31.2 Å². The monoisotopic (exact) mass is 301 g/mol. The van der Waals surface area contributed by atoms with Crippen molar-refractivity contribution >= 4 is 17.8 Å². The lowest BCUT2D eigenvalue weighted by Crippen LogP contribution is -2.31. The zero-order valence-corrected chi connectivity index (χ0v) is 10.9. The Labute approximate surface area is 118 Å². The van der Waals surface area contributed by atoms with Crippen LogP contribution >= 0.6 is 0 Å². The Balaban J connectivity index is 2.77. The van der Waals surface area contributed by atoms with Crippen LogP contribution in [0.2, 0.25) is 0 Å². The highest BCUT2D eigenvalue weighted by Crippen LogP contribution is 2.26. The molecular weight excluding hydrogens is 287 g/mol. The summed E-state index contributed by atoms with van der Waals surface area (Å²) in [6, 6.07) is 0. The van der Waals surface area contributed by atoms with E-state index in [0.29, 0.717) is 5.69 Å². The van der Waals surface area contributed by atoms with Crippen molar-refractivity contribution in [3.05, 3.63) is 23.8 Å². The number of amides is 1. The molecule has 0 aromatic carbocycles. The molecule has 1 unspecified atom stereocenters. The summed E-state index contributed by atoms with van der Waals surface area (Å²) in [5.74, 6) is -2.83. The van der Waals surface area contributed by atoms with Crippen LogP contribution < -0.4 is 5.73 Å². The first kappa shape index (κ1) is 16.7. The molecule has 114 valence electrons. The average molecular weight is 301 g/mol. The fourth-order valence-electron chi connectivity index (χ4n) is 1.72. The molecule has 4 N–H and O–H groups in total. The normalized spacial score (nSPS) is 12.7. The van der Waals surface area contributed by atoms with Gasteiger partial charge >= 0.3 is 6.18 Å². The van der Waals surface area contributed by atoms with Crippen LogP contribution in [-0.2, 0) is 17.6 Å². The van der Waals surface area contributed by atoms with Gasteiger partial charge in [0, 0.05) is 24.3 Å². The lowest BCUT2D eigenvalue weighted by molar-refractivity contribution is -0.138. The number of nitrogens with zero attached hydrogens (tertiary/aromatic N) is 2. The van der Waals surface area contributed by atoms with E-state index in [1.807, 2.05) is 0 Å². The second kappa shape index (κ2) is 6.91. The van der Waals surface area contributed by atoms with E-state index in [2.05, 4.69) is 9.97 Å². The smallest absolute Gasteiger partial charge is 0.369 e. The van der Waals surface area contributed by atoms with Crippen molar-refractivity contribution in [2.24, 2.45) is 11.7 Å². The summed E-state index contributed by atoms with van der Waals surface area (Å²) in [7, 11) is 0. The third-order valence-corrected chi connectivity index (χ3v) is 2.73. The number of primary amides is 1. The highest BCUT2D eigenvalue weighted by molar-refractivity contribution is 5.96. The van der Waals surface area contributed by atoms with Crippen molar-refractivity contribution in [1.82, 2.24) is 9.97 Å². The molecule has 0 bridgehead atoms. The summed E-state index contributed by atoms with van der Waals surface area (Å²) in [5.41, 5.74) is 5.03. The van der Waals surface area contributed by atoms with Gasteiger partial charge in [-0.15, -0.1) is 0 Å². The molecule has 0 fully saturated rings. The number of carbonyl (C=O) groups excluding carboxylic acids is 1. The Bertz CT molecular complexity index is 544. The van der Waals surface area contributed by atoms with Crippen molar-refractivity contribution in [3.8, 4) is 0 Å². The molecule has 0 saturated heterocycles. The van der Waals surface area contributed by atoms with E-state index >= 15 is 0 Å². The number of aryl methyl sites for hydroxylation is 1. The quantitative estimate of drug-likeness (QED) is 0.658. The highest BCUT2D eigenvalue weighted by Gasteiger charge is 2.40. The summed E-state index contributed by atoms with van der Waals surface area (Å²) < 4.78 is 37.7. The second-order valence-electron chi connectivity index (χ2n) is 4.30. The van der Waals surface area contributed by atoms with Crippen molar-refractivity contribution in [3.63, 3.8) is 0 Å². The van der Waals surface area contributed by atoms with Gasteiger partial charge in [-0.2, -0.15) is 13.2 Å². The van der Waals surface area contributed by atoms with E-state index in [1.165, 1.54) is 12.4 Å². The largest absolute Gasteiger partial charge is 0.401 e. The maximum absolute atomic E-state index is 12.6. The molecular formula is C12H14F3N5O. The average Bonchev–Trinajstić information content (AvgIpc) is 2.36. The van der Waals surface area contributed by atoms with Gasteiger partial charge < -0.3 is 16.6 Å². The zero-order valence-electron chi connectivity index (χ0n) is 10.9. The zero-order chi connectivity index (χ0) is 16.0. The number of hydrogen-bond donors (Lipinski definition) is 3. The molecule has 0 spiro atoms. The van der Waals surface area contributed by atoms with Crippen molar-refractivity contribution in [2.75, 3.05) is 0 Å². The molecule has 6 nitrogen and oxygen atoms in total. The van der Waals surface area contributed by atoms with Crippen molar-refractivity contribution in [2.45, 2.75) is 25.4 Å². The van der Waals surface area contributed by atoms with Crippen LogP contribution in [0.15, 0.2) is 12.4 Å². The Morgan fingerprint density at radius 1 is 1.33 bits per heavy atom.